The molecule has 1 unspecified atom stereocenters. The lowest BCUT2D eigenvalue weighted by Crippen LogP contribution is -2.37. The van der Waals surface area contributed by atoms with E-state index in [1.807, 2.05) is 24.3 Å². The van der Waals surface area contributed by atoms with Gasteiger partial charge in [-0.2, -0.15) is 13.2 Å². The second kappa shape index (κ2) is 6.74. The summed E-state index contributed by atoms with van der Waals surface area (Å²) in [4.78, 5) is 24.2. The van der Waals surface area contributed by atoms with Gasteiger partial charge in [0.25, 0.3) is 5.56 Å². The molecule has 0 radical (unpaired) electrons. The molecule has 3 rings (SSSR count). The van der Waals surface area contributed by atoms with Crippen molar-refractivity contribution in [3.63, 3.8) is 0 Å². The maximum atomic E-state index is 12.8. The molecule has 1 N–H and O–H groups in total. The quantitative estimate of drug-likeness (QED) is 0.925. The van der Waals surface area contributed by atoms with Gasteiger partial charge in [0, 0.05) is 6.20 Å². The summed E-state index contributed by atoms with van der Waals surface area (Å²) in [6, 6.07) is 9.42. The molecule has 1 atom stereocenters. The van der Waals surface area contributed by atoms with Gasteiger partial charge in [-0.1, -0.05) is 24.3 Å². The predicted octanol–water partition coefficient (Wildman–Crippen LogP) is 3.06. The lowest BCUT2D eigenvalue weighted by molar-refractivity contribution is -0.139. The molecule has 0 saturated heterocycles. The highest BCUT2D eigenvalue weighted by Crippen LogP contribution is 2.29. The third kappa shape index (κ3) is 3.75. The van der Waals surface area contributed by atoms with Gasteiger partial charge in [0.05, 0.1) is 6.04 Å². The van der Waals surface area contributed by atoms with Crippen LogP contribution < -0.4 is 10.9 Å². The first kappa shape index (κ1) is 17.3. The number of amides is 1. The van der Waals surface area contributed by atoms with E-state index in [1.165, 1.54) is 6.20 Å². The number of pyridine rings is 1. The van der Waals surface area contributed by atoms with Crippen LogP contribution in [0, 0.1) is 0 Å². The van der Waals surface area contributed by atoms with Gasteiger partial charge >= 0.3 is 6.18 Å². The molecule has 25 heavy (non-hydrogen) atoms. The molecule has 1 heterocycles. The molecule has 0 bridgehead atoms. The summed E-state index contributed by atoms with van der Waals surface area (Å²) in [5.74, 6) is -0.483. The minimum Gasteiger partial charge on any atom is -0.348 e. The smallest absolute Gasteiger partial charge is 0.348 e. The van der Waals surface area contributed by atoms with Gasteiger partial charge in [-0.05, 0) is 42.5 Å². The molecule has 1 amide bonds. The Bertz CT molecular complexity index is 843. The summed E-state index contributed by atoms with van der Waals surface area (Å²) in [7, 11) is 0. The third-order valence-electron chi connectivity index (χ3n) is 4.34. The van der Waals surface area contributed by atoms with Gasteiger partial charge in [0.2, 0.25) is 5.91 Å². The zero-order chi connectivity index (χ0) is 18.0. The Hall–Kier alpha value is -2.57. The standard InChI is InChI=1S/C18H17F3N2O2/c19-18(20,21)14-8-4-10-23(17(14)25)11-16(24)22-15-9-3-6-12-5-1-2-7-13(12)15/h1-2,4-5,7-8,10,15H,3,6,9,11H2,(H,22,24). The average Bonchev–Trinajstić information content (AvgIpc) is 2.56. The fourth-order valence-corrected chi connectivity index (χ4v) is 3.18. The van der Waals surface area contributed by atoms with Crippen LogP contribution >= 0.6 is 0 Å². The van der Waals surface area contributed by atoms with Crippen LogP contribution in [0.3, 0.4) is 0 Å². The number of rotatable bonds is 3. The summed E-state index contributed by atoms with van der Waals surface area (Å²) in [5, 5.41) is 2.83. The first-order valence-electron chi connectivity index (χ1n) is 8.00. The van der Waals surface area contributed by atoms with E-state index < -0.39 is 29.8 Å². The lowest BCUT2D eigenvalue weighted by atomic mass is 9.88. The van der Waals surface area contributed by atoms with Crippen molar-refractivity contribution in [2.75, 3.05) is 0 Å². The second-order valence-corrected chi connectivity index (χ2v) is 6.06. The topological polar surface area (TPSA) is 51.1 Å². The van der Waals surface area contributed by atoms with Crippen LogP contribution in [0.1, 0.15) is 35.6 Å². The number of alkyl halides is 3. The van der Waals surface area contributed by atoms with E-state index in [-0.39, 0.29) is 6.04 Å². The Balaban J connectivity index is 1.76. The Morgan fingerprint density at radius 3 is 2.72 bits per heavy atom. The fourth-order valence-electron chi connectivity index (χ4n) is 3.18. The molecule has 1 aromatic heterocycles. The summed E-state index contributed by atoms with van der Waals surface area (Å²) in [6.07, 6.45) is -0.924. The van der Waals surface area contributed by atoms with Crippen molar-refractivity contribution in [2.45, 2.75) is 38.0 Å². The van der Waals surface area contributed by atoms with E-state index in [0.29, 0.717) is 6.07 Å². The molecule has 0 saturated carbocycles. The van der Waals surface area contributed by atoms with Crippen LogP contribution in [-0.2, 0) is 23.9 Å². The Morgan fingerprint density at radius 2 is 1.96 bits per heavy atom. The van der Waals surface area contributed by atoms with Crippen molar-refractivity contribution in [2.24, 2.45) is 0 Å². The Kier molecular flexibility index (Phi) is 4.65. The van der Waals surface area contributed by atoms with Crippen molar-refractivity contribution < 1.29 is 18.0 Å². The number of benzene rings is 1. The highest BCUT2D eigenvalue weighted by atomic mass is 19.4. The summed E-state index contributed by atoms with van der Waals surface area (Å²) < 4.78 is 39.2. The normalized spacial score (nSPS) is 17.0. The molecule has 7 heteroatoms. The van der Waals surface area contributed by atoms with Gasteiger partial charge in [0.15, 0.2) is 0 Å². The molecular weight excluding hydrogens is 333 g/mol. The van der Waals surface area contributed by atoms with Gasteiger partial charge in [-0.15, -0.1) is 0 Å². The highest BCUT2D eigenvalue weighted by Gasteiger charge is 2.34. The lowest BCUT2D eigenvalue weighted by Gasteiger charge is -2.26. The third-order valence-corrected chi connectivity index (χ3v) is 4.34. The van der Waals surface area contributed by atoms with E-state index in [1.54, 1.807) is 0 Å². The zero-order valence-corrected chi connectivity index (χ0v) is 13.3. The van der Waals surface area contributed by atoms with Crippen LogP contribution in [-0.4, -0.2) is 10.5 Å². The molecule has 1 aliphatic carbocycles. The van der Waals surface area contributed by atoms with Gasteiger partial charge in [0.1, 0.15) is 12.1 Å². The number of carbonyl (C=O) groups excluding carboxylic acids is 1. The number of aryl methyl sites for hydroxylation is 1. The molecule has 0 fully saturated rings. The number of hydrogen-bond donors (Lipinski definition) is 1. The van der Waals surface area contributed by atoms with Crippen LogP contribution in [0.15, 0.2) is 47.4 Å². The van der Waals surface area contributed by atoms with Crippen molar-refractivity contribution in [3.8, 4) is 0 Å². The predicted molar refractivity (Wildman–Crippen MR) is 86.0 cm³/mol. The molecular formula is C18H17F3N2O2. The van der Waals surface area contributed by atoms with Gasteiger partial charge in [-0.3, -0.25) is 9.59 Å². The van der Waals surface area contributed by atoms with Gasteiger partial charge in [-0.25, -0.2) is 0 Å². The van der Waals surface area contributed by atoms with Crippen molar-refractivity contribution in [3.05, 3.63) is 69.6 Å². The average molecular weight is 350 g/mol. The number of hydrogen-bond acceptors (Lipinski definition) is 2. The molecule has 1 aromatic carbocycles. The number of nitrogens with zero attached hydrogens (tertiary/aromatic N) is 1. The molecule has 2 aromatic rings. The van der Waals surface area contributed by atoms with Crippen molar-refractivity contribution in [1.82, 2.24) is 9.88 Å². The number of fused-ring (bicyclic) bond motifs is 1. The molecule has 4 nitrogen and oxygen atoms in total. The number of aromatic nitrogens is 1. The fraction of sp³-hybridized carbons (Fsp3) is 0.333. The maximum Gasteiger partial charge on any atom is 0.421 e. The number of carbonyl (C=O) groups is 1. The van der Waals surface area contributed by atoms with Crippen LogP contribution in [0.25, 0.3) is 0 Å². The maximum absolute atomic E-state index is 12.8. The van der Waals surface area contributed by atoms with E-state index in [9.17, 15) is 22.8 Å². The van der Waals surface area contributed by atoms with E-state index in [2.05, 4.69) is 5.32 Å². The van der Waals surface area contributed by atoms with Crippen molar-refractivity contribution >= 4 is 5.91 Å². The Morgan fingerprint density at radius 1 is 1.20 bits per heavy atom. The largest absolute Gasteiger partial charge is 0.421 e. The number of halogens is 3. The number of nitrogens with one attached hydrogen (secondary N) is 1. The zero-order valence-electron chi connectivity index (χ0n) is 13.3. The monoisotopic (exact) mass is 350 g/mol. The van der Waals surface area contributed by atoms with E-state index >= 15 is 0 Å². The second-order valence-electron chi connectivity index (χ2n) is 6.06. The molecule has 0 aliphatic heterocycles. The minimum atomic E-state index is -4.74. The van der Waals surface area contributed by atoms with E-state index in [4.69, 9.17) is 0 Å². The Labute approximate surface area is 142 Å². The minimum absolute atomic E-state index is 0.182. The van der Waals surface area contributed by atoms with Crippen LogP contribution in [0.4, 0.5) is 13.2 Å². The summed E-state index contributed by atoms with van der Waals surface area (Å²) >= 11 is 0. The highest BCUT2D eigenvalue weighted by molar-refractivity contribution is 5.76. The summed E-state index contributed by atoms with van der Waals surface area (Å²) in [5.41, 5.74) is -0.297. The van der Waals surface area contributed by atoms with Crippen molar-refractivity contribution in [1.29, 1.82) is 0 Å². The SMILES string of the molecule is O=C(Cn1cccc(C(F)(F)F)c1=O)NC1CCCc2ccccc21. The van der Waals surface area contributed by atoms with Crippen LogP contribution in [0.5, 0.6) is 0 Å². The first-order valence-corrected chi connectivity index (χ1v) is 8.00. The van der Waals surface area contributed by atoms with Crippen LogP contribution in [0.2, 0.25) is 0 Å². The summed E-state index contributed by atoms with van der Waals surface area (Å²) in [6.45, 7) is -0.443. The first-order chi connectivity index (χ1) is 11.9. The van der Waals surface area contributed by atoms with E-state index in [0.717, 1.165) is 41.0 Å². The molecule has 0 spiro atoms. The van der Waals surface area contributed by atoms with Gasteiger partial charge < -0.3 is 9.88 Å². The molecule has 1 aliphatic rings. The molecule has 132 valence electrons.